The first-order valence-electron chi connectivity index (χ1n) is 5.10. The van der Waals surface area contributed by atoms with Crippen LogP contribution in [0.2, 0.25) is 0 Å². The van der Waals surface area contributed by atoms with Gasteiger partial charge in [0.2, 0.25) is 0 Å². The van der Waals surface area contributed by atoms with Gasteiger partial charge in [0, 0.05) is 4.88 Å². The molecular weight excluding hydrogens is 242 g/mol. The Morgan fingerprint density at radius 2 is 2.38 bits per heavy atom. The van der Waals surface area contributed by atoms with Crippen molar-refractivity contribution in [2.75, 3.05) is 6.61 Å². The van der Waals surface area contributed by atoms with Gasteiger partial charge in [-0.3, -0.25) is 0 Å². The number of carbonyl (C=O) groups is 1. The van der Waals surface area contributed by atoms with Crippen LogP contribution in [0.1, 0.15) is 35.5 Å². The van der Waals surface area contributed by atoms with E-state index in [1.807, 2.05) is 6.07 Å². The van der Waals surface area contributed by atoms with Crippen molar-refractivity contribution in [2.24, 2.45) is 4.99 Å². The molecule has 0 spiro atoms. The molecule has 0 radical (unpaired) electrons. The lowest BCUT2D eigenvalue weighted by Crippen LogP contribution is -2.03. The molecular formula is C11H13NO2S2. The Morgan fingerprint density at radius 3 is 2.94 bits per heavy atom. The van der Waals surface area contributed by atoms with Gasteiger partial charge in [-0.15, -0.1) is 11.3 Å². The van der Waals surface area contributed by atoms with E-state index in [0.29, 0.717) is 17.2 Å². The van der Waals surface area contributed by atoms with Crippen LogP contribution in [0.25, 0.3) is 0 Å². The summed E-state index contributed by atoms with van der Waals surface area (Å²) in [7, 11) is 0. The molecule has 1 rings (SSSR count). The number of isothiocyanates is 1. The lowest BCUT2D eigenvalue weighted by Gasteiger charge is -1.98. The van der Waals surface area contributed by atoms with Gasteiger partial charge in [0.1, 0.15) is 5.00 Å². The molecule has 0 aliphatic heterocycles. The maximum Gasteiger partial charge on any atom is 0.341 e. The zero-order valence-corrected chi connectivity index (χ0v) is 10.9. The Balaban J connectivity index is 3.04. The second kappa shape index (κ2) is 6.53. The van der Waals surface area contributed by atoms with Crippen molar-refractivity contribution in [3.63, 3.8) is 0 Å². The maximum atomic E-state index is 11.6. The van der Waals surface area contributed by atoms with Gasteiger partial charge in [-0.05, 0) is 31.6 Å². The summed E-state index contributed by atoms with van der Waals surface area (Å²) < 4.78 is 4.95. The monoisotopic (exact) mass is 255 g/mol. The zero-order valence-electron chi connectivity index (χ0n) is 9.28. The van der Waals surface area contributed by atoms with Gasteiger partial charge in [0.05, 0.1) is 17.3 Å². The fourth-order valence-electron chi connectivity index (χ4n) is 1.28. The Labute approximate surface area is 104 Å². The van der Waals surface area contributed by atoms with Crippen molar-refractivity contribution in [1.82, 2.24) is 0 Å². The van der Waals surface area contributed by atoms with E-state index in [2.05, 4.69) is 29.3 Å². The minimum atomic E-state index is -0.342. The molecule has 0 aromatic carbocycles. The van der Waals surface area contributed by atoms with Crippen LogP contribution in [0.3, 0.4) is 0 Å². The van der Waals surface area contributed by atoms with Crippen LogP contribution in [-0.4, -0.2) is 17.7 Å². The molecule has 0 bridgehead atoms. The van der Waals surface area contributed by atoms with Crippen LogP contribution >= 0.6 is 23.6 Å². The highest BCUT2D eigenvalue weighted by molar-refractivity contribution is 7.78. The first kappa shape index (κ1) is 13.0. The van der Waals surface area contributed by atoms with Crippen LogP contribution in [0, 0.1) is 0 Å². The van der Waals surface area contributed by atoms with E-state index < -0.39 is 0 Å². The summed E-state index contributed by atoms with van der Waals surface area (Å²) in [6.07, 6.45) is 1.97. The first-order chi connectivity index (χ1) is 7.72. The van der Waals surface area contributed by atoms with Gasteiger partial charge in [-0.25, -0.2) is 4.79 Å². The topological polar surface area (TPSA) is 38.7 Å². The summed E-state index contributed by atoms with van der Waals surface area (Å²) in [5.74, 6) is -0.342. The summed E-state index contributed by atoms with van der Waals surface area (Å²) >= 11 is 6.02. The van der Waals surface area contributed by atoms with Gasteiger partial charge < -0.3 is 4.74 Å². The fraction of sp³-hybridized carbons (Fsp3) is 0.455. The van der Waals surface area contributed by atoms with Crippen molar-refractivity contribution < 1.29 is 9.53 Å². The number of rotatable bonds is 5. The molecule has 16 heavy (non-hydrogen) atoms. The molecule has 0 N–H and O–H groups in total. The Kier molecular flexibility index (Phi) is 5.32. The summed E-state index contributed by atoms with van der Waals surface area (Å²) in [6, 6.07) is 1.83. The van der Waals surface area contributed by atoms with Gasteiger partial charge in [-0.2, -0.15) is 4.99 Å². The van der Waals surface area contributed by atoms with Crippen molar-refractivity contribution in [2.45, 2.75) is 26.7 Å². The van der Waals surface area contributed by atoms with E-state index in [1.54, 1.807) is 6.92 Å². The average Bonchev–Trinajstić information content (AvgIpc) is 2.63. The van der Waals surface area contributed by atoms with Crippen LogP contribution < -0.4 is 0 Å². The average molecular weight is 255 g/mol. The zero-order chi connectivity index (χ0) is 12.0. The van der Waals surface area contributed by atoms with E-state index in [0.717, 1.165) is 17.7 Å². The minimum Gasteiger partial charge on any atom is -0.462 e. The number of hydrogen-bond donors (Lipinski definition) is 0. The predicted molar refractivity (Wildman–Crippen MR) is 69.0 cm³/mol. The largest absolute Gasteiger partial charge is 0.462 e. The molecule has 3 nitrogen and oxygen atoms in total. The molecule has 0 saturated heterocycles. The summed E-state index contributed by atoms with van der Waals surface area (Å²) in [4.78, 5) is 16.6. The number of esters is 1. The van der Waals surface area contributed by atoms with E-state index in [1.165, 1.54) is 11.3 Å². The predicted octanol–water partition coefficient (Wildman–Crippen LogP) is 3.61. The molecule has 0 atom stereocenters. The Bertz CT molecular complexity index is 420. The molecule has 5 heteroatoms. The van der Waals surface area contributed by atoms with Crippen LogP contribution in [0.4, 0.5) is 5.00 Å². The number of hydrogen-bond acceptors (Lipinski definition) is 5. The van der Waals surface area contributed by atoms with Crippen molar-refractivity contribution >= 4 is 39.7 Å². The number of thiocarbonyl (C=S) groups is 1. The first-order valence-corrected chi connectivity index (χ1v) is 6.33. The molecule has 0 amide bonds. The fourth-order valence-corrected chi connectivity index (χ4v) is 2.50. The van der Waals surface area contributed by atoms with Crippen molar-refractivity contribution in [3.8, 4) is 0 Å². The summed E-state index contributed by atoms with van der Waals surface area (Å²) in [6.45, 7) is 4.23. The lowest BCUT2D eigenvalue weighted by atomic mass is 10.2. The number of thiophene rings is 1. The molecule has 1 aromatic rings. The highest BCUT2D eigenvalue weighted by Crippen LogP contribution is 2.31. The molecule has 0 aliphatic rings. The molecule has 1 aromatic heterocycles. The number of nitrogens with zero attached hydrogens (tertiary/aromatic N) is 1. The smallest absolute Gasteiger partial charge is 0.341 e. The van der Waals surface area contributed by atoms with Crippen LogP contribution in [-0.2, 0) is 11.2 Å². The van der Waals surface area contributed by atoms with E-state index >= 15 is 0 Å². The lowest BCUT2D eigenvalue weighted by molar-refractivity contribution is 0.0528. The summed E-state index contributed by atoms with van der Waals surface area (Å²) in [5.41, 5.74) is 0.493. The highest BCUT2D eigenvalue weighted by atomic mass is 32.1. The third-order valence-corrected chi connectivity index (χ3v) is 3.08. The van der Waals surface area contributed by atoms with E-state index in [-0.39, 0.29) is 5.97 Å². The normalized spacial score (nSPS) is 9.62. The van der Waals surface area contributed by atoms with E-state index in [9.17, 15) is 4.79 Å². The van der Waals surface area contributed by atoms with Crippen LogP contribution in [0.5, 0.6) is 0 Å². The van der Waals surface area contributed by atoms with Crippen molar-refractivity contribution in [1.29, 1.82) is 0 Å². The Morgan fingerprint density at radius 1 is 1.62 bits per heavy atom. The maximum absolute atomic E-state index is 11.6. The van der Waals surface area contributed by atoms with Gasteiger partial charge in [-0.1, -0.05) is 13.3 Å². The highest BCUT2D eigenvalue weighted by Gasteiger charge is 2.16. The van der Waals surface area contributed by atoms with E-state index in [4.69, 9.17) is 4.74 Å². The summed E-state index contributed by atoms with van der Waals surface area (Å²) in [5, 5.41) is 2.88. The van der Waals surface area contributed by atoms with Crippen molar-refractivity contribution in [3.05, 3.63) is 16.5 Å². The molecule has 0 unspecified atom stereocenters. The third-order valence-electron chi connectivity index (χ3n) is 1.90. The second-order valence-electron chi connectivity index (χ2n) is 3.11. The number of aliphatic imine (C=N–C) groups is 1. The number of aryl methyl sites for hydroxylation is 1. The molecule has 0 saturated carbocycles. The minimum absolute atomic E-state index is 0.342. The van der Waals surface area contributed by atoms with Gasteiger partial charge >= 0.3 is 5.97 Å². The quantitative estimate of drug-likeness (QED) is 0.458. The molecule has 1 heterocycles. The Hall–Kier alpha value is -1.03. The number of ether oxygens (including phenoxy) is 1. The standard InChI is InChI=1S/C11H13NO2S2/c1-3-5-8-6-9(11(13)14-4-2)10(16-8)12-7-15/h6H,3-5H2,1-2H3. The van der Waals surface area contributed by atoms with Gasteiger partial charge in [0.25, 0.3) is 0 Å². The molecule has 0 aliphatic carbocycles. The third kappa shape index (κ3) is 3.23. The second-order valence-corrected chi connectivity index (χ2v) is 4.40. The number of carbonyl (C=O) groups excluding carboxylic acids is 1. The SMILES string of the molecule is CCCc1cc(C(=O)OCC)c(N=C=S)s1. The molecule has 0 fully saturated rings. The molecule has 86 valence electrons. The van der Waals surface area contributed by atoms with Gasteiger partial charge in [0.15, 0.2) is 0 Å². The van der Waals surface area contributed by atoms with Crippen LogP contribution in [0.15, 0.2) is 11.1 Å².